The van der Waals surface area contributed by atoms with Gasteiger partial charge in [-0.3, -0.25) is 14.8 Å². The third kappa shape index (κ3) is 2.28. The Bertz CT molecular complexity index is 701. The molecule has 4 nitrogen and oxygen atoms in total. The van der Waals surface area contributed by atoms with Crippen LogP contribution in [0.4, 0.5) is 5.82 Å². The molecule has 1 aromatic heterocycles. The van der Waals surface area contributed by atoms with Crippen molar-refractivity contribution in [1.29, 1.82) is 0 Å². The van der Waals surface area contributed by atoms with Gasteiger partial charge in [-0.2, -0.15) is 5.10 Å². The number of benzene rings is 1. The molecule has 1 amide bonds. The molecule has 5 heteroatoms. The minimum Gasteiger partial charge on any atom is -0.294 e. The van der Waals surface area contributed by atoms with E-state index < -0.39 is 0 Å². The molecule has 1 atom stereocenters. The molecule has 1 fully saturated rings. The Morgan fingerprint density at radius 3 is 3.00 bits per heavy atom. The van der Waals surface area contributed by atoms with Gasteiger partial charge in [0.25, 0.3) is 0 Å². The van der Waals surface area contributed by atoms with Gasteiger partial charge in [0.15, 0.2) is 5.82 Å². The molecule has 1 N–H and O–H groups in total. The van der Waals surface area contributed by atoms with Crippen molar-refractivity contribution in [2.75, 3.05) is 11.4 Å². The molecule has 0 saturated carbocycles. The second-order valence-corrected chi connectivity index (χ2v) is 5.16. The molecule has 2 heterocycles. The molecule has 1 aliphatic heterocycles. The number of aromatic amines is 1. The first-order valence-electron chi connectivity index (χ1n) is 6.25. The molecule has 20 heavy (non-hydrogen) atoms. The summed E-state index contributed by atoms with van der Waals surface area (Å²) in [7, 11) is 0. The molecular formula is C15H12ClN3O. The van der Waals surface area contributed by atoms with E-state index in [9.17, 15) is 4.79 Å². The lowest BCUT2D eigenvalue weighted by atomic mass is 10.1. The summed E-state index contributed by atoms with van der Waals surface area (Å²) in [4.78, 5) is 13.5. The molecule has 0 radical (unpaired) electrons. The predicted molar refractivity (Wildman–Crippen MR) is 78.3 cm³/mol. The number of terminal acetylenes is 1. The Morgan fingerprint density at radius 2 is 2.30 bits per heavy atom. The summed E-state index contributed by atoms with van der Waals surface area (Å²) in [5.41, 5.74) is 1.75. The second-order valence-electron chi connectivity index (χ2n) is 4.72. The number of carbonyl (C=O) groups is 1. The van der Waals surface area contributed by atoms with Crippen LogP contribution < -0.4 is 4.90 Å². The molecule has 100 valence electrons. The van der Waals surface area contributed by atoms with Gasteiger partial charge in [-0.15, -0.1) is 12.3 Å². The first-order valence-corrected chi connectivity index (χ1v) is 6.63. The average molecular weight is 286 g/mol. The fourth-order valence-corrected chi connectivity index (χ4v) is 2.48. The average Bonchev–Trinajstić information content (AvgIpc) is 3.05. The number of amides is 1. The fraction of sp³-hybridized carbons (Fsp3) is 0.200. The number of carbonyl (C=O) groups excluding carboxylic acids is 1. The van der Waals surface area contributed by atoms with Crippen LogP contribution in [-0.2, 0) is 4.79 Å². The molecular weight excluding hydrogens is 274 g/mol. The predicted octanol–water partition coefficient (Wildman–Crippen LogP) is 2.72. The largest absolute Gasteiger partial charge is 0.294 e. The molecule has 1 unspecified atom stereocenters. The van der Waals surface area contributed by atoms with Gasteiger partial charge < -0.3 is 0 Å². The van der Waals surface area contributed by atoms with Crippen molar-refractivity contribution in [2.45, 2.75) is 6.42 Å². The highest BCUT2D eigenvalue weighted by Crippen LogP contribution is 2.27. The highest BCUT2D eigenvalue weighted by molar-refractivity contribution is 6.30. The van der Waals surface area contributed by atoms with Gasteiger partial charge >= 0.3 is 0 Å². The van der Waals surface area contributed by atoms with Gasteiger partial charge in [-0.25, -0.2) is 0 Å². The van der Waals surface area contributed by atoms with Crippen molar-refractivity contribution in [3.63, 3.8) is 0 Å². The Kier molecular flexibility index (Phi) is 3.21. The summed E-state index contributed by atoms with van der Waals surface area (Å²) in [6.45, 7) is 0.523. The van der Waals surface area contributed by atoms with Crippen LogP contribution >= 0.6 is 11.6 Å². The number of aromatic nitrogens is 2. The molecule has 3 rings (SSSR count). The third-order valence-electron chi connectivity index (χ3n) is 3.34. The SMILES string of the molecule is C#CC1CC(=O)N(c2cc(-c3cccc(Cl)c3)[nH]n2)C1. The quantitative estimate of drug-likeness (QED) is 0.863. The van der Waals surface area contributed by atoms with Crippen molar-refractivity contribution in [1.82, 2.24) is 10.2 Å². The zero-order valence-corrected chi connectivity index (χ0v) is 11.4. The lowest BCUT2D eigenvalue weighted by molar-refractivity contribution is -0.117. The lowest BCUT2D eigenvalue weighted by Crippen LogP contribution is -2.24. The van der Waals surface area contributed by atoms with Crippen LogP contribution in [-0.4, -0.2) is 22.6 Å². The third-order valence-corrected chi connectivity index (χ3v) is 3.57. The summed E-state index contributed by atoms with van der Waals surface area (Å²) >= 11 is 5.97. The van der Waals surface area contributed by atoms with E-state index in [0.717, 1.165) is 11.3 Å². The number of anilines is 1. The van der Waals surface area contributed by atoms with Crippen LogP contribution in [0.1, 0.15) is 6.42 Å². The summed E-state index contributed by atoms with van der Waals surface area (Å²) < 4.78 is 0. The van der Waals surface area contributed by atoms with E-state index in [0.29, 0.717) is 23.8 Å². The smallest absolute Gasteiger partial charge is 0.229 e. The Balaban J connectivity index is 1.88. The molecule has 1 saturated heterocycles. The molecule has 1 aromatic carbocycles. The summed E-state index contributed by atoms with van der Waals surface area (Å²) in [5.74, 6) is 3.20. The highest BCUT2D eigenvalue weighted by atomic mass is 35.5. The van der Waals surface area contributed by atoms with Crippen LogP contribution in [0, 0.1) is 18.3 Å². The van der Waals surface area contributed by atoms with Crippen molar-refractivity contribution in [3.8, 4) is 23.6 Å². The fourth-order valence-electron chi connectivity index (χ4n) is 2.29. The Hall–Kier alpha value is -2.25. The van der Waals surface area contributed by atoms with Crippen molar-refractivity contribution in [3.05, 3.63) is 35.4 Å². The van der Waals surface area contributed by atoms with E-state index in [1.165, 1.54) is 0 Å². The summed E-state index contributed by atoms with van der Waals surface area (Å²) in [6.07, 6.45) is 5.76. The van der Waals surface area contributed by atoms with E-state index >= 15 is 0 Å². The zero-order valence-electron chi connectivity index (χ0n) is 10.6. The summed E-state index contributed by atoms with van der Waals surface area (Å²) in [6, 6.07) is 9.29. The number of H-pyrrole nitrogens is 1. The van der Waals surface area contributed by atoms with Gasteiger partial charge in [-0.05, 0) is 12.1 Å². The second kappa shape index (κ2) is 5.03. The van der Waals surface area contributed by atoms with E-state index in [1.807, 2.05) is 30.3 Å². The van der Waals surface area contributed by atoms with E-state index in [4.69, 9.17) is 18.0 Å². The number of nitrogens with one attached hydrogen (secondary N) is 1. The van der Waals surface area contributed by atoms with Gasteiger partial charge in [0.1, 0.15) is 0 Å². The zero-order chi connectivity index (χ0) is 14.1. The van der Waals surface area contributed by atoms with Crippen molar-refractivity contribution >= 4 is 23.3 Å². The van der Waals surface area contributed by atoms with E-state index in [2.05, 4.69) is 16.1 Å². The molecule has 0 aliphatic carbocycles. The molecule has 0 spiro atoms. The Morgan fingerprint density at radius 1 is 1.45 bits per heavy atom. The van der Waals surface area contributed by atoms with Gasteiger partial charge in [0.05, 0.1) is 5.69 Å². The Labute approximate surface area is 121 Å². The van der Waals surface area contributed by atoms with E-state index in [1.54, 1.807) is 4.90 Å². The lowest BCUT2D eigenvalue weighted by Gasteiger charge is -2.11. The van der Waals surface area contributed by atoms with Gasteiger partial charge in [0.2, 0.25) is 5.91 Å². The highest BCUT2D eigenvalue weighted by Gasteiger charge is 2.30. The maximum absolute atomic E-state index is 11.9. The molecule has 2 aromatic rings. The number of rotatable bonds is 2. The first-order chi connectivity index (χ1) is 9.67. The minimum absolute atomic E-state index is 0.0112. The van der Waals surface area contributed by atoms with E-state index in [-0.39, 0.29) is 11.8 Å². The van der Waals surface area contributed by atoms with Crippen LogP contribution in [0.2, 0.25) is 5.02 Å². The number of hydrogen-bond donors (Lipinski definition) is 1. The number of halogens is 1. The summed E-state index contributed by atoms with van der Waals surface area (Å²) in [5, 5.41) is 7.77. The van der Waals surface area contributed by atoms with Crippen molar-refractivity contribution < 1.29 is 4.79 Å². The topological polar surface area (TPSA) is 49.0 Å². The van der Waals surface area contributed by atoms with Crippen LogP contribution in [0.25, 0.3) is 11.3 Å². The monoisotopic (exact) mass is 285 g/mol. The first kappa shape index (κ1) is 12.8. The normalized spacial score (nSPS) is 18.3. The van der Waals surface area contributed by atoms with Crippen LogP contribution in [0.15, 0.2) is 30.3 Å². The maximum atomic E-state index is 11.9. The number of nitrogens with zero attached hydrogens (tertiary/aromatic N) is 2. The van der Waals surface area contributed by atoms with Crippen molar-refractivity contribution in [2.24, 2.45) is 5.92 Å². The number of hydrogen-bond acceptors (Lipinski definition) is 2. The standard InChI is InChI=1S/C15H12ClN3O/c1-2-10-6-15(20)19(9-10)14-8-13(17-18-14)11-4-3-5-12(16)7-11/h1,3-5,7-8,10H,6,9H2,(H,17,18). The molecule has 1 aliphatic rings. The van der Waals surface area contributed by atoms with Gasteiger partial charge in [-0.1, -0.05) is 23.7 Å². The molecule has 0 bridgehead atoms. The minimum atomic E-state index is -0.0335. The maximum Gasteiger partial charge on any atom is 0.229 e. The van der Waals surface area contributed by atoms with Crippen LogP contribution in [0.5, 0.6) is 0 Å². The van der Waals surface area contributed by atoms with Gasteiger partial charge in [0, 0.05) is 35.5 Å². The van der Waals surface area contributed by atoms with Crippen LogP contribution in [0.3, 0.4) is 0 Å².